The van der Waals surface area contributed by atoms with E-state index in [0.29, 0.717) is 11.6 Å². The van der Waals surface area contributed by atoms with E-state index in [1.807, 2.05) is 36.5 Å². The molecular weight excluding hydrogens is 512 g/mol. The smallest absolute Gasteiger partial charge is 0.220 e. The van der Waals surface area contributed by atoms with Crippen LogP contribution in [0.4, 0.5) is 0 Å². The third-order valence-corrected chi connectivity index (χ3v) is 8.73. The zero-order valence-electron chi connectivity index (χ0n) is 21.0. The van der Waals surface area contributed by atoms with Crippen LogP contribution >= 0.6 is 11.3 Å². The van der Waals surface area contributed by atoms with Gasteiger partial charge in [0, 0.05) is 43.5 Å². The van der Waals surface area contributed by atoms with Crippen molar-refractivity contribution in [1.29, 1.82) is 0 Å². The minimum atomic E-state index is 0.420. The summed E-state index contributed by atoms with van der Waals surface area (Å²) in [5, 5.41) is 15.0. The third kappa shape index (κ3) is 2.95. The van der Waals surface area contributed by atoms with Crippen molar-refractivity contribution >= 4 is 75.3 Å². The van der Waals surface area contributed by atoms with Crippen LogP contribution in [0.2, 0.25) is 0 Å². The Kier molecular flexibility index (Phi) is 4.39. The number of thiophene rings is 1. The Hall–Kier alpha value is -5.27. The first-order valence-electron chi connectivity index (χ1n) is 13.0. The average molecular weight is 531 g/mol. The second kappa shape index (κ2) is 8.11. The van der Waals surface area contributed by atoms with Gasteiger partial charge in [-0.2, -0.15) is 0 Å². The predicted octanol–water partition coefficient (Wildman–Crippen LogP) is 8.10. The van der Waals surface area contributed by atoms with E-state index in [9.17, 15) is 0 Å². The number of nitrogens with zero attached hydrogens (tertiary/aromatic N) is 6. The van der Waals surface area contributed by atoms with Crippen LogP contribution in [0.15, 0.2) is 109 Å². The van der Waals surface area contributed by atoms with E-state index in [-0.39, 0.29) is 0 Å². The largest absolute Gasteiger partial charge is 0.308 e. The van der Waals surface area contributed by atoms with E-state index < -0.39 is 0 Å². The lowest BCUT2D eigenvalue weighted by atomic mass is 10.1. The van der Waals surface area contributed by atoms with Crippen LogP contribution in [0.25, 0.3) is 81.3 Å². The fourth-order valence-electron chi connectivity index (χ4n) is 5.84. The van der Waals surface area contributed by atoms with Gasteiger partial charge in [0.05, 0.1) is 21.3 Å². The van der Waals surface area contributed by atoms with Crippen LogP contribution in [0.1, 0.15) is 0 Å². The minimum Gasteiger partial charge on any atom is -0.308 e. The zero-order valence-corrected chi connectivity index (χ0v) is 21.8. The molecule has 5 aromatic carbocycles. The molecule has 0 spiro atoms. The summed E-state index contributed by atoms with van der Waals surface area (Å²) in [6.07, 6.45) is 1.82. The van der Waals surface area contributed by atoms with Crippen molar-refractivity contribution in [2.45, 2.75) is 0 Å². The van der Waals surface area contributed by atoms with Gasteiger partial charge in [-0.3, -0.25) is 0 Å². The summed E-state index contributed by atoms with van der Waals surface area (Å²) in [5.41, 5.74) is 5.80. The summed E-state index contributed by atoms with van der Waals surface area (Å²) in [6, 6.07) is 35.5. The molecule has 9 aromatic rings. The fraction of sp³-hybridized carbons (Fsp3) is 0. The van der Waals surface area contributed by atoms with Gasteiger partial charge in [0.25, 0.3) is 0 Å². The standard InChI is InChI=1S/C33H18N6S/c1-2-11-20(12-3-1)39-24-16-8-5-13-21(24)26-28-29(31-27(30(26)39)22-14-6-9-17-25(22)40-31)36-33(38-37-28)32-34-18-19-10-4-7-15-23(19)35-32/h1-18H. The molecule has 4 heterocycles. The molecule has 0 aliphatic heterocycles. The summed E-state index contributed by atoms with van der Waals surface area (Å²) in [6.45, 7) is 0. The maximum absolute atomic E-state index is 5.12. The first kappa shape index (κ1) is 21.6. The number of hydrogen-bond acceptors (Lipinski definition) is 6. The SMILES string of the molecule is c1ccc(-n2c3ccccc3c3c4nnc(-c5ncc6ccccc6n5)nc4c4sc5ccccc5c4c32)cc1. The number of aromatic nitrogens is 6. The van der Waals surface area contributed by atoms with Crippen molar-refractivity contribution in [3.8, 4) is 17.3 Å². The Morgan fingerprint density at radius 2 is 1.38 bits per heavy atom. The molecule has 9 rings (SSSR count). The lowest BCUT2D eigenvalue weighted by Gasteiger charge is -2.10. The van der Waals surface area contributed by atoms with Crippen LogP contribution in [0.5, 0.6) is 0 Å². The Labute approximate surface area is 231 Å². The molecule has 0 saturated carbocycles. The van der Waals surface area contributed by atoms with E-state index in [1.54, 1.807) is 11.3 Å². The number of para-hydroxylation sites is 3. The second-order valence-corrected chi connectivity index (χ2v) is 10.9. The molecule has 0 unspecified atom stereocenters. The summed E-state index contributed by atoms with van der Waals surface area (Å²) in [4.78, 5) is 14.5. The highest BCUT2D eigenvalue weighted by Crippen LogP contribution is 2.46. The van der Waals surface area contributed by atoms with Crippen molar-refractivity contribution in [2.75, 3.05) is 0 Å². The number of rotatable bonds is 2. The molecule has 186 valence electrons. The molecule has 0 radical (unpaired) electrons. The van der Waals surface area contributed by atoms with E-state index in [4.69, 9.17) is 15.1 Å². The van der Waals surface area contributed by atoms with Crippen molar-refractivity contribution in [3.63, 3.8) is 0 Å². The van der Waals surface area contributed by atoms with E-state index in [2.05, 4.69) is 87.4 Å². The van der Waals surface area contributed by atoms with Crippen molar-refractivity contribution < 1.29 is 0 Å². The first-order valence-corrected chi connectivity index (χ1v) is 13.9. The molecule has 0 aliphatic carbocycles. The molecule has 0 amide bonds. The molecule has 0 atom stereocenters. The third-order valence-electron chi connectivity index (χ3n) is 7.55. The van der Waals surface area contributed by atoms with E-state index in [1.165, 1.54) is 15.5 Å². The Morgan fingerprint density at radius 1 is 0.600 bits per heavy atom. The summed E-state index contributed by atoms with van der Waals surface area (Å²) < 4.78 is 4.65. The summed E-state index contributed by atoms with van der Waals surface area (Å²) in [5.74, 6) is 0.886. The topological polar surface area (TPSA) is 69.4 Å². The first-order chi connectivity index (χ1) is 19.8. The molecule has 7 heteroatoms. The number of hydrogen-bond donors (Lipinski definition) is 0. The second-order valence-electron chi connectivity index (χ2n) is 9.80. The lowest BCUT2D eigenvalue weighted by molar-refractivity contribution is 1.01. The van der Waals surface area contributed by atoms with Gasteiger partial charge in [-0.1, -0.05) is 72.8 Å². The van der Waals surface area contributed by atoms with Gasteiger partial charge in [-0.05, 0) is 30.3 Å². The fourth-order valence-corrected chi connectivity index (χ4v) is 7.03. The quantitative estimate of drug-likeness (QED) is 0.226. The van der Waals surface area contributed by atoms with Gasteiger partial charge in [0.1, 0.15) is 11.0 Å². The zero-order chi connectivity index (χ0) is 26.2. The Balaban J connectivity index is 1.49. The van der Waals surface area contributed by atoms with E-state index in [0.717, 1.165) is 54.1 Å². The van der Waals surface area contributed by atoms with Crippen LogP contribution < -0.4 is 0 Å². The summed E-state index contributed by atoms with van der Waals surface area (Å²) in [7, 11) is 0. The molecule has 6 nitrogen and oxygen atoms in total. The summed E-state index contributed by atoms with van der Waals surface area (Å²) >= 11 is 1.74. The van der Waals surface area contributed by atoms with Crippen LogP contribution in [0.3, 0.4) is 0 Å². The van der Waals surface area contributed by atoms with Crippen molar-refractivity contribution in [2.24, 2.45) is 0 Å². The highest BCUT2D eigenvalue weighted by molar-refractivity contribution is 7.26. The molecule has 0 bridgehead atoms. The van der Waals surface area contributed by atoms with Crippen LogP contribution in [-0.2, 0) is 0 Å². The maximum Gasteiger partial charge on any atom is 0.220 e. The van der Waals surface area contributed by atoms with Crippen molar-refractivity contribution in [1.82, 2.24) is 29.7 Å². The molecule has 0 fully saturated rings. The average Bonchev–Trinajstić information content (AvgIpc) is 3.58. The van der Waals surface area contributed by atoms with Gasteiger partial charge < -0.3 is 4.57 Å². The minimum absolute atomic E-state index is 0.420. The van der Waals surface area contributed by atoms with Crippen LogP contribution in [0, 0.1) is 0 Å². The van der Waals surface area contributed by atoms with Gasteiger partial charge in [-0.15, -0.1) is 21.5 Å². The highest BCUT2D eigenvalue weighted by Gasteiger charge is 2.24. The van der Waals surface area contributed by atoms with Gasteiger partial charge in [0.2, 0.25) is 5.82 Å². The van der Waals surface area contributed by atoms with E-state index >= 15 is 0 Å². The molecule has 0 saturated heterocycles. The molecule has 0 N–H and O–H groups in total. The number of benzene rings is 5. The molecule has 0 aliphatic rings. The van der Waals surface area contributed by atoms with Crippen LogP contribution in [-0.4, -0.2) is 29.7 Å². The highest BCUT2D eigenvalue weighted by atomic mass is 32.1. The monoisotopic (exact) mass is 530 g/mol. The Bertz CT molecular complexity index is 2440. The lowest BCUT2D eigenvalue weighted by Crippen LogP contribution is -1.99. The van der Waals surface area contributed by atoms with Gasteiger partial charge in [0.15, 0.2) is 5.82 Å². The molecular formula is C33H18N6S. The van der Waals surface area contributed by atoms with Crippen molar-refractivity contribution in [3.05, 3.63) is 109 Å². The Morgan fingerprint density at radius 3 is 2.30 bits per heavy atom. The molecule has 40 heavy (non-hydrogen) atoms. The number of fused-ring (bicyclic) bond motifs is 11. The predicted molar refractivity (Wildman–Crippen MR) is 163 cm³/mol. The molecule has 4 aromatic heterocycles. The van der Waals surface area contributed by atoms with Gasteiger partial charge >= 0.3 is 0 Å². The normalized spacial score (nSPS) is 12.0. The van der Waals surface area contributed by atoms with Gasteiger partial charge in [-0.25, -0.2) is 15.0 Å². The maximum atomic E-state index is 5.12.